The van der Waals surface area contributed by atoms with Crippen molar-refractivity contribution >= 4 is 40.8 Å². The number of carbonyl (C=O) groups excluding carboxylic acids is 3. The molecule has 38 heavy (non-hydrogen) atoms. The van der Waals surface area contributed by atoms with Crippen molar-refractivity contribution in [1.82, 2.24) is 19.8 Å². The number of benzene rings is 1. The molecule has 0 bridgehead atoms. The molecule has 1 aromatic heterocycles. The Labute approximate surface area is 235 Å². The summed E-state index contributed by atoms with van der Waals surface area (Å²) in [6.07, 6.45) is 7.54. The molecule has 1 amide bonds. The molecule has 0 spiro atoms. The molecule has 1 aliphatic rings. The SMILES string of the molecule is CN[C@@H](C)C(=O)C[C@H](C(=O)N(C)[C@H](C(=O)Cc1snnc1-c1ccccc1)C(C)(C)SC)C1CCCCC1. The molecular formula is C29H42N4O3S2. The number of Topliss-reactive ketones (excluding diaryl/α,β-unsaturated/α-hetero) is 2. The van der Waals surface area contributed by atoms with Crippen molar-refractivity contribution in [3.05, 3.63) is 35.2 Å². The second kappa shape index (κ2) is 13.8. The standard InChI is InChI=1S/C29H42N4O3S2/c1-19(30-4)23(34)17-22(20-13-9-7-10-14-20)28(36)33(5)27(29(2,3)37-6)24(35)18-25-26(31-32-38-25)21-15-11-8-12-16-21/h8,11-12,15-16,19-20,22,27,30H,7,9-10,13-14,17-18H2,1-6H3/t19-,22-,27+/m0/s1. The van der Waals surface area contributed by atoms with E-state index in [-0.39, 0.29) is 42.3 Å². The van der Waals surface area contributed by atoms with Gasteiger partial charge in [0, 0.05) is 36.1 Å². The van der Waals surface area contributed by atoms with Gasteiger partial charge in [0.15, 0.2) is 5.78 Å². The maximum atomic E-state index is 14.2. The zero-order valence-electron chi connectivity index (χ0n) is 23.5. The van der Waals surface area contributed by atoms with Gasteiger partial charge in [0.2, 0.25) is 5.91 Å². The Kier molecular flexibility index (Phi) is 11.1. The number of carbonyl (C=O) groups is 3. The first kappa shape index (κ1) is 30.4. The lowest BCUT2D eigenvalue weighted by atomic mass is 9.76. The molecule has 208 valence electrons. The van der Waals surface area contributed by atoms with Crippen molar-refractivity contribution in [1.29, 1.82) is 0 Å². The Balaban J connectivity index is 1.90. The Morgan fingerprint density at radius 1 is 1.13 bits per heavy atom. The van der Waals surface area contributed by atoms with Gasteiger partial charge >= 0.3 is 0 Å². The molecule has 0 unspecified atom stereocenters. The molecule has 1 aromatic carbocycles. The van der Waals surface area contributed by atoms with Gasteiger partial charge in [0.1, 0.15) is 17.5 Å². The van der Waals surface area contributed by atoms with Crippen molar-refractivity contribution < 1.29 is 14.4 Å². The number of nitrogens with one attached hydrogen (secondary N) is 1. The summed E-state index contributed by atoms with van der Waals surface area (Å²) in [4.78, 5) is 43.6. The minimum Gasteiger partial charge on any atom is -0.334 e. The van der Waals surface area contributed by atoms with Crippen LogP contribution in [0, 0.1) is 11.8 Å². The average molecular weight is 559 g/mol. The topological polar surface area (TPSA) is 92.3 Å². The van der Waals surface area contributed by atoms with Gasteiger partial charge in [0.25, 0.3) is 0 Å². The first-order valence-corrected chi connectivity index (χ1v) is 15.5. The van der Waals surface area contributed by atoms with E-state index >= 15 is 0 Å². The van der Waals surface area contributed by atoms with Gasteiger partial charge in [-0.2, -0.15) is 11.8 Å². The smallest absolute Gasteiger partial charge is 0.226 e. The highest BCUT2D eigenvalue weighted by atomic mass is 32.2. The fraction of sp³-hybridized carbons (Fsp3) is 0.621. The Morgan fingerprint density at radius 2 is 1.79 bits per heavy atom. The molecule has 0 saturated heterocycles. The average Bonchev–Trinajstić information content (AvgIpc) is 3.39. The summed E-state index contributed by atoms with van der Waals surface area (Å²) < 4.78 is 3.61. The van der Waals surface area contributed by atoms with Crippen LogP contribution in [0.25, 0.3) is 11.3 Å². The number of likely N-dealkylation sites (N-methyl/N-ethyl adjacent to an activating group) is 2. The van der Waals surface area contributed by atoms with E-state index in [9.17, 15) is 14.4 Å². The first-order valence-electron chi connectivity index (χ1n) is 13.5. The number of thioether (sulfide) groups is 1. The fourth-order valence-corrected chi connectivity index (χ4v) is 6.70. The molecule has 3 rings (SSSR count). The van der Waals surface area contributed by atoms with E-state index in [1.54, 1.807) is 30.8 Å². The highest BCUT2D eigenvalue weighted by Crippen LogP contribution is 2.37. The second-order valence-corrected chi connectivity index (χ2v) is 13.2. The van der Waals surface area contributed by atoms with Crippen LogP contribution in [0.3, 0.4) is 0 Å². The maximum Gasteiger partial charge on any atom is 0.226 e. The Bertz CT molecular complexity index is 1080. The van der Waals surface area contributed by atoms with E-state index in [1.165, 1.54) is 18.0 Å². The molecule has 0 radical (unpaired) electrons. The van der Waals surface area contributed by atoms with Crippen molar-refractivity contribution in [2.75, 3.05) is 20.4 Å². The van der Waals surface area contributed by atoms with Gasteiger partial charge in [-0.1, -0.05) is 54.1 Å². The molecule has 1 N–H and O–H groups in total. The summed E-state index contributed by atoms with van der Waals surface area (Å²) in [7, 11) is 3.51. The highest BCUT2D eigenvalue weighted by molar-refractivity contribution is 8.00. The molecular weight excluding hydrogens is 516 g/mol. The van der Waals surface area contributed by atoms with Gasteiger partial charge in [-0.25, -0.2) is 0 Å². The van der Waals surface area contributed by atoms with E-state index < -0.39 is 16.7 Å². The van der Waals surface area contributed by atoms with Crippen LogP contribution in [0.15, 0.2) is 30.3 Å². The summed E-state index contributed by atoms with van der Waals surface area (Å²) in [5.74, 6) is -0.350. The summed E-state index contributed by atoms with van der Waals surface area (Å²) in [6.45, 7) is 5.86. The van der Waals surface area contributed by atoms with Gasteiger partial charge < -0.3 is 10.2 Å². The summed E-state index contributed by atoms with van der Waals surface area (Å²) in [5.41, 5.74) is 1.63. The Hall–Kier alpha value is -2.10. The van der Waals surface area contributed by atoms with Crippen LogP contribution < -0.4 is 5.32 Å². The van der Waals surface area contributed by atoms with E-state index in [2.05, 4.69) is 14.9 Å². The quantitative estimate of drug-likeness (QED) is 0.368. The van der Waals surface area contributed by atoms with Crippen molar-refractivity contribution in [2.24, 2.45) is 11.8 Å². The predicted octanol–water partition coefficient (Wildman–Crippen LogP) is 5.05. The number of amides is 1. The number of aromatic nitrogens is 2. The van der Waals surface area contributed by atoms with Crippen molar-refractivity contribution in [2.45, 2.75) is 82.5 Å². The van der Waals surface area contributed by atoms with Crippen LogP contribution >= 0.6 is 23.3 Å². The zero-order chi connectivity index (χ0) is 27.9. The number of ketones is 2. The lowest BCUT2D eigenvalue weighted by molar-refractivity contribution is -0.145. The number of rotatable bonds is 13. The predicted molar refractivity (Wildman–Crippen MR) is 156 cm³/mol. The van der Waals surface area contributed by atoms with Crippen LogP contribution in [0.4, 0.5) is 0 Å². The van der Waals surface area contributed by atoms with E-state index in [0.717, 1.165) is 36.1 Å². The molecule has 1 fully saturated rings. The minimum absolute atomic E-state index is 0.0410. The minimum atomic E-state index is -0.654. The molecule has 9 heteroatoms. The fourth-order valence-electron chi connectivity index (χ4n) is 5.51. The molecule has 2 aromatic rings. The van der Waals surface area contributed by atoms with Crippen LogP contribution in [-0.2, 0) is 20.8 Å². The number of nitrogens with zero attached hydrogens (tertiary/aromatic N) is 3. The molecule has 1 saturated carbocycles. The second-order valence-electron chi connectivity index (χ2n) is 10.9. The van der Waals surface area contributed by atoms with Crippen LogP contribution in [0.5, 0.6) is 0 Å². The first-order chi connectivity index (χ1) is 18.1. The van der Waals surface area contributed by atoms with Gasteiger partial charge in [-0.15, -0.1) is 5.10 Å². The van der Waals surface area contributed by atoms with Crippen molar-refractivity contribution in [3.63, 3.8) is 0 Å². The third-order valence-corrected chi connectivity index (χ3v) is 10.0. The van der Waals surface area contributed by atoms with E-state index in [1.807, 2.05) is 57.4 Å². The summed E-state index contributed by atoms with van der Waals surface area (Å²) in [5, 5.41) is 7.31. The number of hydrogen-bond donors (Lipinski definition) is 1. The summed E-state index contributed by atoms with van der Waals surface area (Å²) in [6, 6.07) is 8.77. The third-order valence-electron chi connectivity index (χ3n) is 8.04. The van der Waals surface area contributed by atoms with E-state index in [4.69, 9.17) is 0 Å². The normalized spacial score (nSPS) is 17.0. The molecule has 0 aliphatic heterocycles. The zero-order valence-corrected chi connectivity index (χ0v) is 25.2. The van der Waals surface area contributed by atoms with Crippen LogP contribution in [-0.4, -0.2) is 69.1 Å². The summed E-state index contributed by atoms with van der Waals surface area (Å²) >= 11 is 2.80. The third kappa shape index (κ3) is 7.30. The van der Waals surface area contributed by atoms with Gasteiger partial charge in [-0.05, 0) is 64.4 Å². The molecule has 1 aliphatic carbocycles. The highest BCUT2D eigenvalue weighted by Gasteiger charge is 2.43. The monoisotopic (exact) mass is 558 g/mol. The van der Waals surface area contributed by atoms with Crippen LogP contribution in [0.1, 0.15) is 64.2 Å². The van der Waals surface area contributed by atoms with Crippen LogP contribution in [0.2, 0.25) is 0 Å². The Morgan fingerprint density at radius 3 is 2.39 bits per heavy atom. The largest absolute Gasteiger partial charge is 0.334 e. The lowest BCUT2D eigenvalue weighted by Crippen LogP contribution is -2.56. The van der Waals surface area contributed by atoms with Crippen molar-refractivity contribution in [3.8, 4) is 11.3 Å². The molecule has 1 heterocycles. The molecule has 7 nitrogen and oxygen atoms in total. The molecule has 3 atom stereocenters. The van der Waals surface area contributed by atoms with Gasteiger partial charge in [-0.3, -0.25) is 14.4 Å². The van der Waals surface area contributed by atoms with Gasteiger partial charge in [0.05, 0.1) is 10.9 Å². The lowest BCUT2D eigenvalue weighted by Gasteiger charge is -2.41. The van der Waals surface area contributed by atoms with E-state index in [0.29, 0.717) is 5.69 Å². The number of hydrogen-bond acceptors (Lipinski definition) is 8. The maximum absolute atomic E-state index is 14.2.